The van der Waals surface area contributed by atoms with Gasteiger partial charge in [0, 0.05) is 31.7 Å². The minimum Gasteiger partial charge on any atom is -0.347 e. The third kappa shape index (κ3) is 3.77. The lowest BCUT2D eigenvalue weighted by Crippen LogP contribution is -2.26. The SMILES string of the molecule is Cc1ccnn1-c1cccc(NC(=O)c2cn(CC(=O)N(C)C)nn2)c1. The maximum absolute atomic E-state index is 12.4. The lowest BCUT2D eigenvalue weighted by Gasteiger charge is -2.09. The van der Waals surface area contributed by atoms with E-state index in [4.69, 9.17) is 0 Å². The van der Waals surface area contributed by atoms with Crippen molar-refractivity contribution in [2.45, 2.75) is 13.5 Å². The van der Waals surface area contributed by atoms with Gasteiger partial charge in [0.2, 0.25) is 5.91 Å². The maximum atomic E-state index is 12.4. The van der Waals surface area contributed by atoms with Gasteiger partial charge in [0.1, 0.15) is 6.54 Å². The number of carbonyl (C=O) groups excluding carboxylic acids is 2. The van der Waals surface area contributed by atoms with Crippen molar-refractivity contribution >= 4 is 17.5 Å². The molecule has 9 heteroatoms. The first-order valence-corrected chi connectivity index (χ1v) is 7.97. The molecule has 2 heterocycles. The van der Waals surface area contributed by atoms with Gasteiger partial charge in [0.05, 0.1) is 11.9 Å². The summed E-state index contributed by atoms with van der Waals surface area (Å²) in [7, 11) is 3.31. The zero-order chi connectivity index (χ0) is 18.7. The molecule has 0 atom stereocenters. The van der Waals surface area contributed by atoms with Gasteiger partial charge in [-0.3, -0.25) is 9.59 Å². The van der Waals surface area contributed by atoms with Gasteiger partial charge in [-0.05, 0) is 31.2 Å². The van der Waals surface area contributed by atoms with Crippen molar-refractivity contribution in [1.82, 2.24) is 29.7 Å². The molecule has 0 saturated heterocycles. The van der Waals surface area contributed by atoms with E-state index in [-0.39, 0.29) is 18.1 Å². The molecule has 0 saturated carbocycles. The molecule has 0 bridgehead atoms. The molecule has 0 unspecified atom stereocenters. The average molecular weight is 353 g/mol. The highest BCUT2D eigenvalue weighted by atomic mass is 16.2. The third-order valence-corrected chi connectivity index (χ3v) is 3.75. The minimum atomic E-state index is -0.400. The molecule has 0 fully saturated rings. The van der Waals surface area contributed by atoms with E-state index < -0.39 is 5.91 Å². The van der Waals surface area contributed by atoms with Crippen LogP contribution in [0.25, 0.3) is 5.69 Å². The van der Waals surface area contributed by atoms with Gasteiger partial charge in [0.15, 0.2) is 5.69 Å². The normalized spacial score (nSPS) is 10.6. The summed E-state index contributed by atoms with van der Waals surface area (Å²) in [5, 5.41) is 14.7. The molecule has 1 N–H and O–H groups in total. The number of aryl methyl sites for hydroxylation is 1. The largest absolute Gasteiger partial charge is 0.347 e. The van der Waals surface area contributed by atoms with Crippen molar-refractivity contribution in [1.29, 1.82) is 0 Å². The van der Waals surface area contributed by atoms with E-state index in [9.17, 15) is 9.59 Å². The van der Waals surface area contributed by atoms with Crippen LogP contribution in [0.5, 0.6) is 0 Å². The number of amides is 2. The van der Waals surface area contributed by atoms with Crippen molar-refractivity contribution in [2.75, 3.05) is 19.4 Å². The van der Waals surface area contributed by atoms with E-state index in [0.717, 1.165) is 11.4 Å². The van der Waals surface area contributed by atoms with E-state index >= 15 is 0 Å². The van der Waals surface area contributed by atoms with Crippen molar-refractivity contribution in [3.05, 3.63) is 54.1 Å². The van der Waals surface area contributed by atoms with Gasteiger partial charge < -0.3 is 10.2 Å². The quantitative estimate of drug-likeness (QED) is 0.741. The topological polar surface area (TPSA) is 97.9 Å². The molecule has 0 radical (unpaired) electrons. The standard InChI is InChI=1S/C17H19N7O2/c1-12-7-8-18-24(12)14-6-4-5-13(9-14)19-17(26)15-10-23(21-20-15)11-16(25)22(2)3/h4-10H,11H2,1-3H3,(H,19,26). The lowest BCUT2D eigenvalue weighted by atomic mass is 10.2. The fourth-order valence-corrected chi connectivity index (χ4v) is 2.31. The Kier molecular flexibility index (Phi) is 4.78. The predicted molar refractivity (Wildman–Crippen MR) is 95.0 cm³/mol. The zero-order valence-corrected chi connectivity index (χ0v) is 14.7. The summed E-state index contributed by atoms with van der Waals surface area (Å²) in [5.74, 6) is -0.535. The van der Waals surface area contributed by atoms with Crippen LogP contribution in [0.3, 0.4) is 0 Å². The Labute approximate surface area is 150 Å². The van der Waals surface area contributed by atoms with Gasteiger partial charge in [-0.15, -0.1) is 5.10 Å². The Morgan fingerprint density at radius 3 is 2.73 bits per heavy atom. The molecular weight excluding hydrogens is 334 g/mol. The van der Waals surface area contributed by atoms with Crippen molar-refractivity contribution in [3.8, 4) is 5.69 Å². The number of rotatable bonds is 5. The highest BCUT2D eigenvalue weighted by Crippen LogP contribution is 2.16. The van der Waals surface area contributed by atoms with Gasteiger partial charge >= 0.3 is 0 Å². The summed E-state index contributed by atoms with van der Waals surface area (Å²) in [4.78, 5) is 25.5. The summed E-state index contributed by atoms with van der Waals surface area (Å²) in [6.07, 6.45) is 3.16. The number of benzene rings is 1. The van der Waals surface area contributed by atoms with Crippen LogP contribution < -0.4 is 5.32 Å². The summed E-state index contributed by atoms with van der Waals surface area (Å²) >= 11 is 0. The van der Waals surface area contributed by atoms with Crippen LogP contribution in [0.1, 0.15) is 16.2 Å². The summed E-state index contributed by atoms with van der Waals surface area (Å²) in [5.41, 5.74) is 2.58. The zero-order valence-electron chi connectivity index (χ0n) is 14.7. The van der Waals surface area contributed by atoms with E-state index in [1.165, 1.54) is 15.8 Å². The van der Waals surface area contributed by atoms with Gasteiger partial charge in [-0.2, -0.15) is 5.10 Å². The number of nitrogens with one attached hydrogen (secondary N) is 1. The van der Waals surface area contributed by atoms with Crippen molar-refractivity contribution in [3.63, 3.8) is 0 Å². The summed E-state index contributed by atoms with van der Waals surface area (Å²) in [6.45, 7) is 1.98. The number of carbonyl (C=O) groups is 2. The Morgan fingerprint density at radius 2 is 2.04 bits per heavy atom. The van der Waals surface area contributed by atoms with E-state index in [0.29, 0.717) is 5.69 Å². The molecule has 2 aromatic heterocycles. The van der Waals surface area contributed by atoms with Crippen LogP contribution >= 0.6 is 0 Å². The molecular formula is C17H19N7O2. The van der Waals surface area contributed by atoms with Gasteiger partial charge in [0.25, 0.3) is 5.91 Å². The number of aromatic nitrogens is 5. The molecule has 3 aromatic rings. The Balaban J connectivity index is 1.72. The molecule has 2 amide bonds. The van der Waals surface area contributed by atoms with Gasteiger partial charge in [-0.25, -0.2) is 9.36 Å². The second kappa shape index (κ2) is 7.18. The summed E-state index contributed by atoms with van der Waals surface area (Å²) < 4.78 is 3.11. The molecule has 0 aliphatic carbocycles. The first kappa shape index (κ1) is 17.3. The Bertz CT molecular complexity index is 942. The van der Waals surface area contributed by atoms with Crippen LogP contribution in [0.15, 0.2) is 42.7 Å². The average Bonchev–Trinajstić information content (AvgIpc) is 3.24. The Hall–Kier alpha value is -3.49. The van der Waals surface area contributed by atoms with E-state index in [1.807, 2.05) is 31.2 Å². The number of hydrogen-bond donors (Lipinski definition) is 1. The predicted octanol–water partition coefficient (Wildman–Crippen LogP) is 1.11. The lowest BCUT2D eigenvalue weighted by molar-refractivity contribution is -0.129. The first-order valence-electron chi connectivity index (χ1n) is 7.97. The molecule has 0 aliphatic heterocycles. The van der Waals surface area contributed by atoms with E-state index in [2.05, 4.69) is 20.7 Å². The molecule has 9 nitrogen and oxygen atoms in total. The number of hydrogen-bond acceptors (Lipinski definition) is 5. The van der Waals surface area contributed by atoms with Crippen LogP contribution in [0.2, 0.25) is 0 Å². The van der Waals surface area contributed by atoms with Crippen LogP contribution in [0, 0.1) is 6.92 Å². The molecule has 0 aliphatic rings. The molecule has 1 aromatic carbocycles. The Morgan fingerprint density at radius 1 is 1.23 bits per heavy atom. The minimum absolute atomic E-state index is 0.0291. The fraction of sp³-hybridized carbons (Fsp3) is 0.235. The van der Waals surface area contributed by atoms with Crippen molar-refractivity contribution < 1.29 is 9.59 Å². The van der Waals surface area contributed by atoms with E-state index in [1.54, 1.807) is 31.0 Å². The second-order valence-corrected chi connectivity index (χ2v) is 5.98. The van der Waals surface area contributed by atoms with Gasteiger partial charge in [-0.1, -0.05) is 11.3 Å². The number of likely N-dealkylation sites (N-methyl/N-ethyl adjacent to an activating group) is 1. The second-order valence-electron chi connectivity index (χ2n) is 5.98. The summed E-state index contributed by atoms with van der Waals surface area (Å²) in [6, 6.07) is 9.23. The van der Waals surface area contributed by atoms with Crippen molar-refractivity contribution in [2.24, 2.45) is 0 Å². The fourth-order valence-electron chi connectivity index (χ4n) is 2.31. The first-order chi connectivity index (χ1) is 12.4. The monoisotopic (exact) mass is 353 g/mol. The third-order valence-electron chi connectivity index (χ3n) is 3.75. The maximum Gasteiger partial charge on any atom is 0.277 e. The van der Waals surface area contributed by atoms with Crippen LogP contribution in [0.4, 0.5) is 5.69 Å². The highest BCUT2D eigenvalue weighted by Gasteiger charge is 2.14. The van der Waals surface area contributed by atoms with Crippen LogP contribution in [-0.2, 0) is 11.3 Å². The number of anilines is 1. The number of nitrogens with zero attached hydrogens (tertiary/aromatic N) is 6. The smallest absolute Gasteiger partial charge is 0.277 e. The molecule has 26 heavy (non-hydrogen) atoms. The molecule has 0 spiro atoms. The highest BCUT2D eigenvalue weighted by molar-refractivity contribution is 6.02. The molecule has 3 rings (SSSR count). The van der Waals surface area contributed by atoms with Crippen LogP contribution in [-0.4, -0.2) is 55.6 Å². The molecule has 134 valence electrons.